The standard InChI is InChI=1S/C11H17NO3S/c13-10(7-3-1-5-9(7)16)15-11(14)8-4-2-6-12-8/h7-9,12,16H,1-6H2/t7?,8-,9?/m0/s1. The molecule has 1 aliphatic heterocycles. The molecule has 0 aromatic carbocycles. The van der Waals surface area contributed by atoms with Crippen molar-refractivity contribution in [1.82, 2.24) is 5.32 Å². The Morgan fingerprint density at radius 3 is 2.50 bits per heavy atom. The highest BCUT2D eigenvalue weighted by atomic mass is 32.1. The topological polar surface area (TPSA) is 55.4 Å². The van der Waals surface area contributed by atoms with Gasteiger partial charge in [0.2, 0.25) is 0 Å². The van der Waals surface area contributed by atoms with Gasteiger partial charge in [-0.05, 0) is 32.2 Å². The lowest BCUT2D eigenvalue weighted by molar-refractivity contribution is -0.163. The molecule has 3 atom stereocenters. The average Bonchev–Trinajstić information content (AvgIpc) is 2.86. The second kappa shape index (κ2) is 5.19. The van der Waals surface area contributed by atoms with Crippen LogP contribution < -0.4 is 5.32 Å². The smallest absolute Gasteiger partial charge is 0.330 e. The Kier molecular flexibility index (Phi) is 3.86. The van der Waals surface area contributed by atoms with Crippen LogP contribution in [-0.4, -0.2) is 29.8 Å². The van der Waals surface area contributed by atoms with E-state index in [1.807, 2.05) is 0 Å². The number of rotatable bonds is 2. The van der Waals surface area contributed by atoms with Crippen LogP contribution in [0.15, 0.2) is 0 Å². The first kappa shape index (κ1) is 11.9. The van der Waals surface area contributed by atoms with Crippen LogP contribution >= 0.6 is 12.6 Å². The van der Waals surface area contributed by atoms with Crippen molar-refractivity contribution in [3.8, 4) is 0 Å². The quantitative estimate of drug-likeness (QED) is 0.430. The largest absolute Gasteiger partial charge is 0.392 e. The summed E-state index contributed by atoms with van der Waals surface area (Å²) in [7, 11) is 0. The Bertz CT molecular complexity index is 289. The minimum atomic E-state index is -0.421. The van der Waals surface area contributed by atoms with Crippen LogP contribution in [0.5, 0.6) is 0 Å². The highest BCUT2D eigenvalue weighted by Crippen LogP contribution is 2.30. The van der Waals surface area contributed by atoms with Gasteiger partial charge < -0.3 is 10.1 Å². The van der Waals surface area contributed by atoms with Gasteiger partial charge in [-0.15, -0.1) is 0 Å². The van der Waals surface area contributed by atoms with Crippen molar-refractivity contribution in [3.05, 3.63) is 0 Å². The molecule has 0 aromatic heterocycles. The minimum absolute atomic E-state index is 0.0526. The zero-order chi connectivity index (χ0) is 11.5. The molecule has 1 N–H and O–H groups in total. The summed E-state index contributed by atoms with van der Waals surface area (Å²) < 4.78 is 4.90. The zero-order valence-corrected chi connectivity index (χ0v) is 10.0. The number of thiol groups is 1. The molecule has 1 heterocycles. The molecule has 1 saturated heterocycles. The van der Waals surface area contributed by atoms with Crippen LogP contribution in [0.1, 0.15) is 32.1 Å². The third kappa shape index (κ3) is 2.58. The molecular formula is C11H17NO3S. The van der Waals surface area contributed by atoms with E-state index in [1.54, 1.807) is 0 Å². The van der Waals surface area contributed by atoms with Crippen molar-refractivity contribution in [3.63, 3.8) is 0 Å². The fraction of sp³-hybridized carbons (Fsp3) is 0.818. The maximum Gasteiger partial charge on any atom is 0.330 e. The Morgan fingerprint density at radius 2 is 1.94 bits per heavy atom. The van der Waals surface area contributed by atoms with E-state index in [-0.39, 0.29) is 17.2 Å². The minimum Gasteiger partial charge on any atom is -0.392 e. The lowest BCUT2D eigenvalue weighted by Crippen LogP contribution is -2.36. The third-order valence-corrected chi connectivity index (χ3v) is 3.95. The summed E-state index contributed by atoms with van der Waals surface area (Å²) in [5.41, 5.74) is 0. The first-order chi connectivity index (χ1) is 7.68. The van der Waals surface area contributed by atoms with E-state index >= 15 is 0 Å². The zero-order valence-electron chi connectivity index (χ0n) is 9.15. The molecule has 0 radical (unpaired) electrons. The van der Waals surface area contributed by atoms with Crippen molar-refractivity contribution in [1.29, 1.82) is 0 Å². The first-order valence-electron chi connectivity index (χ1n) is 5.85. The Morgan fingerprint density at radius 1 is 1.12 bits per heavy atom. The van der Waals surface area contributed by atoms with E-state index in [4.69, 9.17) is 4.74 Å². The van der Waals surface area contributed by atoms with Crippen LogP contribution in [-0.2, 0) is 14.3 Å². The van der Waals surface area contributed by atoms with Crippen LogP contribution in [0.25, 0.3) is 0 Å². The Balaban J connectivity index is 1.84. The number of carbonyl (C=O) groups is 2. The van der Waals surface area contributed by atoms with Crippen molar-refractivity contribution >= 4 is 24.6 Å². The number of carbonyl (C=O) groups excluding carboxylic acids is 2. The van der Waals surface area contributed by atoms with E-state index < -0.39 is 11.9 Å². The van der Waals surface area contributed by atoms with Crippen molar-refractivity contribution in [2.75, 3.05) is 6.54 Å². The molecule has 1 aliphatic carbocycles. The highest BCUT2D eigenvalue weighted by molar-refractivity contribution is 7.81. The number of nitrogens with one attached hydrogen (secondary N) is 1. The van der Waals surface area contributed by atoms with Gasteiger partial charge in [-0.3, -0.25) is 4.79 Å². The molecule has 2 fully saturated rings. The monoisotopic (exact) mass is 243 g/mol. The van der Waals surface area contributed by atoms with Crippen LogP contribution in [0.2, 0.25) is 0 Å². The molecule has 0 aromatic rings. The summed E-state index contributed by atoms with van der Waals surface area (Å²) in [5, 5.41) is 3.07. The first-order valence-corrected chi connectivity index (χ1v) is 6.37. The molecule has 2 rings (SSSR count). The van der Waals surface area contributed by atoms with Crippen LogP contribution in [0, 0.1) is 5.92 Å². The Labute approximate surface area is 101 Å². The summed E-state index contributed by atoms with van der Waals surface area (Å²) >= 11 is 4.33. The van der Waals surface area contributed by atoms with E-state index in [0.717, 1.165) is 38.6 Å². The summed E-state index contributed by atoms with van der Waals surface area (Å²) in [6.07, 6.45) is 4.44. The third-order valence-electron chi connectivity index (χ3n) is 3.33. The molecular weight excluding hydrogens is 226 g/mol. The van der Waals surface area contributed by atoms with Crippen LogP contribution in [0.3, 0.4) is 0 Å². The van der Waals surface area contributed by atoms with Gasteiger partial charge in [-0.1, -0.05) is 6.42 Å². The van der Waals surface area contributed by atoms with Gasteiger partial charge in [0.1, 0.15) is 6.04 Å². The van der Waals surface area contributed by atoms with E-state index in [0.29, 0.717) is 0 Å². The SMILES string of the molecule is O=C(OC(=O)[C@@H]1CCCN1)C1CCCC1S. The number of hydrogen-bond acceptors (Lipinski definition) is 5. The van der Waals surface area contributed by atoms with Crippen molar-refractivity contribution in [2.45, 2.75) is 43.4 Å². The summed E-state index contributed by atoms with van der Waals surface area (Å²) in [5.74, 6) is -1.01. The Hall–Kier alpha value is -0.550. The normalized spacial score (nSPS) is 33.9. The van der Waals surface area contributed by atoms with Crippen molar-refractivity contribution < 1.29 is 14.3 Å². The average molecular weight is 243 g/mol. The number of hydrogen-bond donors (Lipinski definition) is 2. The predicted octanol–water partition coefficient (Wildman–Crippen LogP) is 0.907. The molecule has 2 aliphatic rings. The lowest BCUT2D eigenvalue weighted by atomic mass is 10.1. The summed E-state index contributed by atoms with van der Waals surface area (Å²) in [6.45, 7) is 0.826. The number of esters is 2. The molecule has 0 amide bonds. The lowest BCUT2D eigenvalue weighted by Gasteiger charge is -2.14. The van der Waals surface area contributed by atoms with Gasteiger partial charge in [-0.2, -0.15) is 12.6 Å². The van der Waals surface area contributed by atoms with Gasteiger partial charge in [0.15, 0.2) is 0 Å². The maximum absolute atomic E-state index is 11.7. The maximum atomic E-state index is 11.7. The predicted molar refractivity (Wildman–Crippen MR) is 62.2 cm³/mol. The van der Waals surface area contributed by atoms with Gasteiger partial charge >= 0.3 is 11.9 Å². The summed E-state index contributed by atoms with van der Waals surface area (Å²) in [4.78, 5) is 23.3. The summed E-state index contributed by atoms with van der Waals surface area (Å²) in [6, 6.07) is -0.288. The molecule has 16 heavy (non-hydrogen) atoms. The van der Waals surface area contributed by atoms with E-state index in [2.05, 4.69) is 17.9 Å². The van der Waals surface area contributed by atoms with Crippen LogP contribution in [0.4, 0.5) is 0 Å². The van der Waals surface area contributed by atoms with E-state index in [9.17, 15) is 9.59 Å². The number of ether oxygens (including phenoxy) is 1. The molecule has 5 heteroatoms. The fourth-order valence-electron chi connectivity index (χ4n) is 2.35. The van der Waals surface area contributed by atoms with Gasteiger partial charge in [0.25, 0.3) is 0 Å². The van der Waals surface area contributed by atoms with Gasteiger partial charge in [0.05, 0.1) is 5.92 Å². The van der Waals surface area contributed by atoms with Crippen molar-refractivity contribution in [2.24, 2.45) is 5.92 Å². The molecule has 0 bridgehead atoms. The van der Waals surface area contributed by atoms with Gasteiger partial charge in [0, 0.05) is 5.25 Å². The molecule has 1 saturated carbocycles. The molecule has 2 unspecified atom stereocenters. The second-order valence-electron chi connectivity index (χ2n) is 4.49. The molecule has 90 valence electrons. The fourth-order valence-corrected chi connectivity index (χ4v) is 2.80. The highest BCUT2D eigenvalue weighted by Gasteiger charge is 2.34. The molecule has 4 nitrogen and oxygen atoms in total. The van der Waals surface area contributed by atoms with E-state index in [1.165, 1.54) is 0 Å². The van der Waals surface area contributed by atoms with Gasteiger partial charge in [-0.25, -0.2) is 4.79 Å². The molecule has 0 spiro atoms. The second-order valence-corrected chi connectivity index (χ2v) is 5.16.